The molecular formula is C17H11Cl2N5OS. The van der Waals surface area contributed by atoms with Crippen LogP contribution < -0.4 is 11.1 Å². The summed E-state index contributed by atoms with van der Waals surface area (Å²) in [5.74, 6) is -0.228. The Morgan fingerprint density at radius 1 is 1.19 bits per heavy atom. The Morgan fingerprint density at radius 3 is 2.73 bits per heavy atom. The number of carbonyl (C=O) groups excluding carboxylic acids is 1. The van der Waals surface area contributed by atoms with Gasteiger partial charge < -0.3 is 16.0 Å². The van der Waals surface area contributed by atoms with E-state index in [-0.39, 0.29) is 32.1 Å². The van der Waals surface area contributed by atoms with Gasteiger partial charge in [-0.3, -0.25) is 4.79 Å². The highest BCUT2D eigenvalue weighted by Crippen LogP contribution is 2.34. The molecule has 0 spiro atoms. The highest BCUT2D eigenvalue weighted by atomic mass is 35.5. The molecule has 0 saturated heterocycles. The summed E-state index contributed by atoms with van der Waals surface area (Å²) in [6, 6.07) is 10.5. The van der Waals surface area contributed by atoms with Crippen LogP contribution in [0.15, 0.2) is 42.7 Å². The minimum absolute atomic E-state index is 0.126. The first kappa shape index (κ1) is 16.8. The third-order valence-electron chi connectivity index (χ3n) is 3.72. The fourth-order valence-corrected chi connectivity index (χ4v) is 3.93. The molecule has 0 amide bonds. The average Bonchev–Trinajstić information content (AvgIpc) is 3.20. The number of nitrogen functional groups attached to an aromatic ring is 1. The van der Waals surface area contributed by atoms with E-state index in [0.29, 0.717) is 5.13 Å². The standard InChI is InChI=1S/C17H11Cl2N5OS/c18-9-2-1-3-10(19)13(9)14(25)15-16(20)24-17(26-15)23-8-4-5-11-12(6-8)22-7-21-11/h1-7H,20H2,(H,21,22)(H,23,24). The Bertz CT molecular complexity index is 1120. The molecule has 0 aliphatic rings. The Balaban J connectivity index is 1.65. The van der Waals surface area contributed by atoms with E-state index in [2.05, 4.69) is 20.3 Å². The molecule has 2 aromatic carbocycles. The van der Waals surface area contributed by atoms with Crippen LogP contribution in [-0.4, -0.2) is 20.7 Å². The van der Waals surface area contributed by atoms with Crippen LogP contribution in [0.25, 0.3) is 11.0 Å². The zero-order valence-corrected chi connectivity index (χ0v) is 15.4. The Kier molecular flexibility index (Phi) is 4.28. The number of benzene rings is 2. The van der Waals surface area contributed by atoms with E-state index in [1.807, 2.05) is 18.2 Å². The quantitative estimate of drug-likeness (QED) is 0.421. The first-order valence-corrected chi connectivity index (χ1v) is 9.05. The lowest BCUT2D eigenvalue weighted by Crippen LogP contribution is -2.04. The zero-order chi connectivity index (χ0) is 18.3. The molecule has 26 heavy (non-hydrogen) atoms. The zero-order valence-electron chi connectivity index (χ0n) is 13.1. The molecule has 2 heterocycles. The van der Waals surface area contributed by atoms with Gasteiger partial charge in [-0.15, -0.1) is 0 Å². The highest BCUT2D eigenvalue weighted by Gasteiger charge is 2.22. The van der Waals surface area contributed by atoms with E-state index in [1.54, 1.807) is 24.5 Å². The average molecular weight is 404 g/mol. The molecular weight excluding hydrogens is 393 g/mol. The number of fused-ring (bicyclic) bond motifs is 1. The van der Waals surface area contributed by atoms with Gasteiger partial charge in [-0.05, 0) is 30.3 Å². The summed E-state index contributed by atoms with van der Waals surface area (Å²) < 4.78 is 0. The second kappa shape index (κ2) is 6.60. The Hall–Kier alpha value is -2.61. The summed E-state index contributed by atoms with van der Waals surface area (Å²) in [5.41, 5.74) is 8.71. The van der Waals surface area contributed by atoms with Crippen molar-refractivity contribution in [3.63, 3.8) is 0 Å². The first-order chi connectivity index (χ1) is 12.5. The van der Waals surface area contributed by atoms with Crippen LogP contribution in [0.4, 0.5) is 16.6 Å². The largest absolute Gasteiger partial charge is 0.382 e. The fraction of sp³-hybridized carbons (Fsp3) is 0. The van der Waals surface area contributed by atoms with Gasteiger partial charge in [0, 0.05) is 5.69 Å². The summed E-state index contributed by atoms with van der Waals surface area (Å²) in [5, 5.41) is 4.18. The van der Waals surface area contributed by atoms with Gasteiger partial charge >= 0.3 is 0 Å². The van der Waals surface area contributed by atoms with Gasteiger partial charge in [0.15, 0.2) is 5.13 Å². The van der Waals surface area contributed by atoms with Gasteiger partial charge in [-0.1, -0.05) is 40.6 Å². The molecule has 4 aromatic rings. The molecule has 0 radical (unpaired) electrons. The van der Waals surface area contributed by atoms with Gasteiger partial charge in [0.25, 0.3) is 0 Å². The maximum atomic E-state index is 12.8. The van der Waals surface area contributed by atoms with Crippen molar-refractivity contribution in [2.75, 3.05) is 11.1 Å². The Morgan fingerprint density at radius 2 is 1.96 bits per heavy atom. The summed E-state index contributed by atoms with van der Waals surface area (Å²) >= 11 is 13.4. The van der Waals surface area contributed by atoms with E-state index >= 15 is 0 Å². The number of aromatic amines is 1. The molecule has 6 nitrogen and oxygen atoms in total. The number of anilines is 3. The normalized spacial score (nSPS) is 11.0. The van der Waals surface area contributed by atoms with Crippen LogP contribution in [0.3, 0.4) is 0 Å². The number of aromatic nitrogens is 3. The number of hydrogen-bond acceptors (Lipinski definition) is 6. The van der Waals surface area contributed by atoms with Crippen LogP contribution in [-0.2, 0) is 0 Å². The van der Waals surface area contributed by atoms with Gasteiger partial charge in [-0.2, -0.15) is 0 Å². The van der Waals surface area contributed by atoms with Crippen molar-refractivity contribution in [2.45, 2.75) is 0 Å². The van der Waals surface area contributed by atoms with Crippen LogP contribution in [0.1, 0.15) is 15.2 Å². The maximum Gasteiger partial charge on any atom is 0.209 e. The lowest BCUT2D eigenvalue weighted by Gasteiger charge is -2.04. The van der Waals surface area contributed by atoms with E-state index in [1.165, 1.54) is 0 Å². The number of rotatable bonds is 4. The van der Waals surface area contributed by atoms with Crippen molar-refractivity contribution >= 4 is 68.0 Å². The molecule has 130 valence electrons. The number of imidazole rings is 1. The van der Waals surface area contributed by atoms with Crippen molar-refractivity contribution in [3.05, 3.63) is 63.2 Å². The van der Waals surface area contributed by atoms with Crippen molar-refractivity contribution in [1.29, 1.82) is 0 Å². The lowest BCUT2D eigenvalue weighted by molar-refractivity contribution is 0.104. The summed E-state index contributed by atoms with van der Waals surface area (Å²) in [4.78, 5) is 24.5. The second-order valence-corrected chi connectivity index (χ2v) is 7.23. The predicted molar refractivity (Wildman–Crippen MR) is 106 cm³/mol. The number of nitrogens with zero attached hydrogens (tertiary/aromatic N) is 2. The smallest absolute Gasteiger partial charge is 0.209 e. The number of nitrogens with two attached hydrogens (primary N) is 1. The molecule has 0 bridgehead atoms. The van der Waals surface area contributed by atoms with Crippen molar-refractivity contribution < 1.29 is 4.79 Å². The van der Waals surface area contributed by atoms with E-state index < -0.39 is 0 Å². The second-order valence-electron chi connectivity index (χ2n) is 5.42. The van der Waals surface area contributed by atoms with Crippen LogP contribution >= 0.6 is 34.5 Å². The number of thiazole rings is 1. The molecule has 0 fully saturated rings. The molecule has 0 atom stereocenters. The predicted octanol–water partition coefficient (Wildman–Crippen LogP) is 4.88. The van der Waals surface area contributed by atoms with Gasteiger partial charge in [-0.25, -0.2) is 9.97 Å². The van der Waals surface area contributed by atoms with E-state index in [0.717, 1.165) is 28.1 Å². The molecule has 0 aliphatic heterocycles. The minimum Gasteiger partial charge on any atom is -0.382 e. The van der Waals surface area contributed by atoms with Crippen molar-refractivity contribution in [2.24, 2.45) is 0 Å². The number of carbonyl (C=O) groups is 1. The van der Waals surface area contributed by atoms with Gasteiger partial charge in [0.1, 0.15) is 10.7 Å². The third-order valence-corrected chi connectivity index (χ3v) is 5.34. The molecule has 2 aromatic heterocycles. The van der Waals surface area contributed by atoms with Gasteiger partial charge in [0.05, 0.1) is 33.0 Å². The SMILES string of the molecule is Nc1nc(Nc2ccc3nc[nH]c3c2)sc1C(=O)c1c(Cl)cccc1Cl. The topological polar surface area (TPSA) is 96.7 Å². The first-order valence-electron chi connectivity index (χ1n) is 7.48. The van der Waals surface area contributed by atoms with Crippen LogP contribution in [0.2, 0.25) is 10.0 Å². The molecule has 0 unspecified atom stereocenters. The fourth-order valence-electron chi connectivity index (χ4n) is 2.51. The van der Waals surface area contributed by atoms with Gasteiger partial charge in [0.2, 0.25) is 5.78 Å². The number of H-pyrrole nitrogens is 1. The Labute approximate surface area is 162 Å². The highest BCUT2D eigenvalue weighted by molar-refractivity contribution is 7.18. The number of hydrogen-bond donors (Lipinski definition) is 3. The summed E-state index contributed by atoms with van der Waals surface area (Å²) in [6.45, 7) is 0. The van der Waals surface area contributed by atoms with Crippen molar-refractivity contribution in [1.82, 2.24) is 15.0 Å². The van der Waals surface area contributed by atoms with Crippen LogP contribution in [0, 0.1) is 0 Å². The number of halogens is 2. The maximum absolute atomic E-state index is 12.8. The molecule has 4 N–H and O–H groups in total. The monoisotopic (exact) mass is 403 g/mol. The molecule has 0 aliphatic carbocycles. The summed E-state index contributed by atoms with van der Waals surface area (Å²) in [6.07, 6.45) is 1.62. The summed E-state index contributed by atoms with van der Waals surface area (Å²) in [7, 11) is 0. The van der Waals surface area contributed by atoms with E-state index in [4.69, 9.17) is 28.9 Å². The molecule has 9 heteroatoms. The van der Waals surface area contributed by atoms with Crippen molar-refractivity contribution in [3.8, 4) is 0 Å². The molecule has 4 rings (SSSR count). The lowest BCUT2D eigenvalue weighted by atomic mass is 10.1. The number of ketones is 1. The van der Waals surface area contributed by atoms with E-state index in [9.17, 15) is 4.79 Å². The van der Waals surface area contributed by atoms with Crippen LogP contribution in [0.5, 0.6) is 0 Å². The molecule has 0 saturated carbocycles. The minimum atomic E-state index is -0.354. The third kappa shape index (κ3) is 3.01. The number of nitrogens with one attached hydrogen (secondary N) is 2.